The topological polar surface area (TPSA) is 49.0 Å². The van der Waals surface area contributed by atoms with Gasteiger partial charge >= 0.3 is 0 Å². The van der Waals surface area contributed by atoms with Crippen molar-refractivity contribution in [2.24, 2.45) is 0 Å². The summed E-state index contributed by atoms with van der Waals surface area (Å²) in [5, 5.41) is 10.0. The van der Waals surface area contributed by atoms with Crippen LogP contribution in [0.5, 0.6) is 0 Å². The fourth-order valence-corrected chi connectivity index (χ4v) is 7.90. The molecule has 0 amide bonds. The predicted octanol–water partition coefficient (Wildman–Crippen LogP) is 11.4. The van der Waals surface area contributed by atoms with Crippen molar-refractivity contribution < 1.29 is 0 Å². The second kappa shape index (κ2) is 13.4. The Balaban J connectivity index is 0.967. The first-order chi connectivity index (χ1) is 25.5. The molecule has 4 heteroatoms. The zero-order chi connectivity index (χ0) is 35.1. The van der Waals surface area contributed by atoms with Crippen LogP contribution in [0.15, 0.2) is 176 Å². The van der Waals surface area contributed by atoms with Gasteiger partial charge in [-0.15, -0.1) is 0 Å². The van der Waals surface area contributed by atoms with Crippen molar-refractivity contribution in [1.82, 2.24) is 15.8 Å². The summed E-state index contributed by atoms with van der Waals surface area (Å²) in [7, 11) is 0. The highest BCUT2D eigenvalue weighted by molar-refractivity contribution is 5.91. The standard InChI is InChI=1S/C48H42N4/c1-48(2)43-24-13-12-23-40(43)42-30-41(36-18-8-4-9-19-36)45(31-44(42)48)50-39-22-14-15-33(29-39)32-49-46(37-20-10-5-11-21-37)52-47(51-52)38-27-25-35(26-28-38)34-16-6-3-7-17-34/h3-31,46-47,49-51H,32H2,1-2H3. The molecule has 52 heavy (non-hydrogen) atoms. The van der Waals surface area contributed by atoms with Crippen molar-refractivity contribution in [2.45, 2.75) is 38.1 Å². The van der Waals surface area contributed by atoms with E-state index < -0.39 is 0 Å². The fourth-order valence-electron chi connectivity index (χ4n) is 7.90. The molecule has 2 aliphatic rings. The van der Waals surface area contributed by atoms with Gasteiger partial charge in [-0.05, 0) is 79.9 Å². The number of fused-ring (bicyclic) bond motifs is 3. The lowest BCUT2D eigenvalue weighted by atomic mass is 9.82. The maximum atomic E-state index is 3.87. The van der Waals surface area contributed by atoms with E-state index in [1.54, 1.807) is 0 Å². The van der Waals surface area contributed by atoms with Crippen LogP contribution in [0.4, 0.5) is 11.4 Å². The lowest BCUT2D eigenvalue weighted by molar-refractivity contribution is 0.296. The number of nitrogens with one attached hydrogen (secondary N) is 3. The van der Waals surface area contributed by atoms with Crippen LogP contribution in [-0.2, 0) is 12.0 Å². The molecule has 1 aliphatic carbocycles. The quantitative estimate of drug-likeness (QED) is 0.126. The largest absolute Gasteiger partial charge is 0.355 e. The number of hydrogen-bond donors (Lipinski definition) is 3. The van der Waals surface area contributed by atoms with Crippen LogP contribution >= 0.6 is 0 Å². The van der Waals surface area contributed by atoms with Crippen LogP contribution in [0, 0.1) is 0 Å². The van der Waals surface area contributed by atoms with Crippen LogP contribution in [0.1, 0.15) is 54.0 Å². The molecule has 1 heterocycles. The Morgan fingerprint density at radius 1 is 0.577 bits per heavy atom. The van der Waals surface area contributed by atoms with E-state index in [0.29, 0.717) is 6.54 Å². The van der Waals surface area contributed by atoms with Crippen LogP contribution in [0.25, 0.3) is 33.4 Å². The third kappa shape index (κ3) is 6.12. The summed E-state index contributed by atoms with van der Waals surface area (Å²) < 4.78 is 0. The Hall–Kier alpha value is -5.78. The lowest BCUT2D eigenvalue weighted by Gasteiger charge is -2.23. The number of nitrogens with zero attached hydrogens (tertiary/aromatic N) is 1. The first-order valence-corrected chi connectivity index (χ1v) is 18.2. The zero-order valence-corrected chi connectivity index (χ0v) is 29.6. The smallest absolute Gasteiger partial charge is 0.114 e. The molecule has 3 N–H and O–H groups in total. The molecule has 7 aromatic carbocycles. The first kappa shape index (κ1) is 32.1. The van der Waals surface area contributed by atoms with Gasteiger partial charge in [-0.1, -0.05) is 166 Å². The van der Waals surface area contributed by atoms with Gasteiger partial charge in [0.25, 0.3) is 0 Å². The lowest BCUT2D eigenvalue weighted by Crippen LogP contribution is -2.28. The van der Waals surface area contributed by atoms with Crippen molar-refractivity contribution in [3.63, 3.8) is 0 Å². The van der Waals surface area contributed by atoms with E-state index in [-0.39, 0.29) is 17.7 Å². The third-order valence-corrected chi connectivity index (χ3v) is 10.7. The fraction of sp³-hybridized carbons (Fsp3) is 0.125. The SMILES string of the molecule is CC1(C)c2ccccc2-c2cc(-c3ccccc3)c(Nc3cccc(CNC(c4ccccc4)N4NC4c4ccc(-c5ccccc5)cc4)c3)cc21. The molecule has 254 valence electrons. The number of rotatable bonds is 10. The summed E-state index contributed by atoms with van der Waals surface area (Å²) in [5.74, 6) is 0. The molecule has 3 atom stereocenters. The maximum absolute atomic E-state index is 3.87. The highest BCUT2D eigenvalue weighted by atomic mass is 15.8. The summed E-state index contributed by atoms with van der Waals surface area (Å²) in [6.45, 7) is 5.40. The third-order valence-electron chi connectivity index (χ3n) is 10.7. The molecule has 1 saturated heterocycles. The average molecular weight is 675 g/mol. The highest BCUT2D eigenvalue weighted by Crippen LogP contribution is 2.51. The van der Waals surface area contributed by atoms with Gasteiger partial charge < -0.3 is 5.32 Å². The summed E-state index contributed by atoms with van der Waals surface area (Å²) >= 11 is 0. The van der Waals surface area contributed by atoms with Gasteiger partial charge in [0.1, 0.15) is 12.3 Å². The van der Waals surface area contributed by atoms with Crippen molar-refractivity contribution in [2.75, 3.05) is 5.32 Å². The maximum Gasteiger partial charge on any atom is 0.114 e. The molecule has 9 rings (SSSR count). The minimum Gasteiger partial charge on any atom is -0.355 e. The van der Waals surface area contributed by atoms with Gasteiger partial charge in [0.15, 0.2) is 0 Å². The number of benzene rings is 7. The van der Waals surface area contributed by atoms with Crippen LogP contribution in [0.3, 0.4) is 0 Å². The molecule has 0 bridgehead atoms. The molecule has 0 aromatic heterocycles. The second-order valence-corrected chi connectivity index (χ2v) is 14.4. The van der Waals surface area contributed by atoms with Gasteiger partial charge in [0.2, 0.25) is 0 Å². The van der Waals surface area contributed by atoms with E-state index in [1.807, 2.05) is 0 Å². The zero-order valence-electron chi connectivity index (χ0n) is 29.6. The Bertz CT molecular complexity index is 2330. The molecule has 0 radical (unpaired) electrons. The Kier molecular flexibility index (Phi) is 8.29. The van der Waals surface area contributed by atoms with Crippen molar-refractivity contribution in [1.29, 1.82) is 0 Å². The first-order valence-electron chi connectivity index (χ1n) is 18.2. The molecule has 7 aromatic rings. The molecule has 4 nitrogen and oxygen atoms in total. The van der Waals surface area contributed by atoms with Gasteiger partial charge in [-0.3, -0.25) is 5.32 Å². The summed E-state index contributed by atoms with van der Waals surface area (Å²) in [6.07, 6.45) is 0.143. The monoisotopic (exact) mass is 674 g/mol. The van der Waals surface area contributed by atoms with Gasteiger partial charge in [0, 0.05) is 28.9 Å². The Morgan fingerprint density at radius 2 is 1.23 bits per heavy atom. The van der Waals surface area contributed by atoms with E-state index in [1.165, 1.54) is 61.2 Å². The Morgan fingerprint density at radius 3 is 1.98 bits per heavy atom. The summed E-state index contributed by atoms with van der Waals surface area (Å²) in [5.41, 5.74) is 19.7. The van der Waals surface area contributed by atoms with Crippen molar-refractivity contribution >= 4 is 11.4 Å². The van der Waals surface area contributed by atoms with E-state index in [2.05, 4.69) is 211 Å². The van der Waals surface area contributed by atoms with E-state index in [9.17, 15) is 0 Å². The minimum absolute atomic E-state index is 0.00173. The summed E-state index contributed by atoms with van der Waals surface area (Å²) in [4.78, 5) is 0. The number of hydrazine groups is 1. The molecule has 0 saturated carbocycles. The molecule has 0 spiro atoms. The number of anilines is 2. The van der Waals surface area contributed by atoms with Crippen LogP contribution < -0.4 is 16.1 Å². The second-order valence-electron chi connectivity index (χ2n) is 14.4. The van der Waals surface area contributed by atoms with Gasteiger partial charge in [-0.2, -0.15) is 5.01 Å². The number of hydrogen-bond acceptors (Lipinski definition) is 4. The van der Waals surface area contributed by atoms with Crippen LogP contribution in [0.2, 0.25) is 0 Å². The normalized spacial score (nSPS) is 17.2. The van der Waals surface area contributed by atoms with Gasteiger partial charge in [-0.25, -0.2) is 5.43 Å². The average Bonchev–Trinajstić information content (AvgIpc) is 3.96. The summed E-state index contributed by atoms with van der Waals surface area (Å²) in [6, 6.07) is 63.3. The minimum atomic E-state index is -0.0796. The molecular weight excluding hydrogens is 633 g/mol. The van der Waals surface area contributed by atoms with E-state index >= 15 is 0 Å². The van der Waals surface area contributed by atoms with Crippen molar-refractivity contribution in [3.05, 3.63) is 204 Å². The van der Waals surface area contributed by atoms with Crippen molar-refractivity contribution in [3.8, 4) is 33.4 Å². The van der Waals surface area contributed by atoms with E-state index in [0.717, 1.165) is 11.4 Å². The predicted molar refractivity (Wildman–Crippen MR) is 215 cm³/mol. The highest BCUT2D eigenvalue weighted by Gasteiger charge is 2.41. The van der Waals surface area contributed by atoms with Gasteiger partial charge in [0.05, 0.1) is 0 Å². The molecule has 1 aliphatic heterocycles. The Labute approximate surface area is 306 Å². The molecular formula is C48H42N4. The molecule has 1 fully saturated rings. The van der Waals surface area contributed by atoms with E-state index in [4.69, 9.17) is 0 Å². The van der Waals surface area contributed by atoms with Crippen LogP contribution in [-0.4, -0.2) is 5.01 Å². The molecule has 3 unspecified atom stereocenters.